The Bertz CT molecular complexity index is 618. The standard InChI is InChI=1S/C13H14F2N4O2/c1-19-8-9(7-18-19)13(6-11(16)20,21-12(14)15)10-4-2-3-5-17-10/h2-5,7-8,12H,6H2,1H3,(H2,16,20). The molecule has 0 fully saturated rings. The fourth-order valence-corrected chi connectivity index (χ4v) is 2.14. The van der Waals surface area contributed by atoms with Gasteiger partial charge in [-0.2, -0.15) is 13.9 Å². The predicted octanol–water partition coefficient (Wildman–Crippen LogP) is 1.17. The van der Waals surface area contributed by atoms with Crippen molar-refractivity contribution in [1.82, 2.24) is 14.8 Å². The van der Waals surface area contributed by atoms with E-state index in [2.05, 4.69) is 10.1 Å². The van der Waals surface area contributed by atoms with Crippen LogP contribution < -0.4 is 5.73 Å². The number of carbonyl (C=O) groups excluding carboxylic acids is 1. The summed E-state index contributed by atoms with van der Waals surface area (Å²) >= 11 is 0. The number of halogens is 2. The zero-order chi connectivity index (χ0) is 15.5. The monoisotopic (exact) mass is 296 g/mol. The van der Waals surface area contributed by atoms with Gasteiger partial charge in [0.2, 0.25) is 5.91 Å². The summed E-state index contributed by atoms with van der Waals surface area (Å²) in [7, 11) is 1.62. The number of hydrogen-bond acceptors (Lipinski definition) is 4. The van der Waals surface area contributed by atoms with Crippen molar-refractivity contribution < 1.29 is 18.3 Å². The van der Waals surface area contributed by atoms with E-state index in [4.69, 9.17) is 10.5 Å². The van der Waals surface area contributed by atoms with Gasteiger partial charge in [-0.15, -0.1) is 0 Å². The van der Waals surface area contributed by atoms with Gasteiger partial charge in [-0.25, -0.2) is 0 Å². The molecule has 0 aliphatic carbocycles. The number of aryl methyl sites for hydroxylation is 1. The second kappa shape index (κ2) is 5.96. The van der Waals surface area contributed by atoms with Crippen LogP contribution in [0.5, 0.6) is 0 Å². The van der Waals surface area contributed by atoms with Crippen molar-refractivity contribution in [3.8, 4) is 0 Å². The lowest BCUT2D eigenvalue weighted by Crippen LogP contribution is -2.38. The number of carbonyl (C=O) groups is 1. The lowest BCUT2D eigenvalue weighted by atomic mass is 9.88. The zero-order valence-electron chi connectivity index (χ0n) is 11.2. The molecule has 21 heavy (non-hydrogen) atoms. The Kier molecular flexibility index (Phi) is 4.27. The van der Waals surface area contributed by atoms with Crippen molar-refractivity contribution in [3.63, 3.8) is 0 Å². The predicted molar refractivity (Wildman–Crippen MR) is 69.1 cm³/mol. The van der Waals surface area contributed by atoms with Gasteiger partial charge in [0.1, 0.15) is 0 Å². The molecule has 0 aromatic carbocycles. The molecule has 0 saturated carbocycles. The van der Waals surface area contributed by atoms with Crippen LogP contribution in [0.25, 0.3) is 0 Å². The molecule has 2 rings (SSSR count). The molecule has 2 N–H and O–H groups in total. The number of hydrogen-bond donors (Lipinski definition) is 1. The fourth-order valence-electron chi connectivity index (χ4n) is 2.14. The number of primary amides is 1. The van der Waals surface area contributed by atoms with Crippen LogP contribution in [-0.2, 0) is 22.2 Å². The van der Waals surface area contributed by atoms with E-state index in [0.717, 1.165) is 0 Å². The molecule has 0 aliphatic rings. The minimum atomic E-state index is -3.11. The quantitative estimate of drug-likeness (QED) is 0.867. The third kappa shape index (κ3) is 3.22. The highest BCUT2D eigenvalue weighted by Gasteiger charge is 2.42. The lowest BCUT2D eigenvalue weighted by molar-refractivity contribution is -0.202. The van der Waals surface area contributed by atoms with E-state index in [1.807, 2.05) is 0 Å². The number of rotatable bonds is 6. The summed E-state index contributed by atoms with van der Waals surface area (Å²) in [5.74, 6) is -0.787. The van der Waals surface area contributed by atoms with Crippen LogP contribution in [-0.4, -0.2) is 27.3 Å². The van der Waals surface area contributed by atoms with E-state index in [-0.39, 0.29) is 11.3 Å². The van der Waals surface area contributed by atoms with Crippen molar-refractivity contribution in [2.45, 2.75) is 18.6 Å². The Hall–Kier alpha value is -2.35. The fraction of sp³-hybridized carbons (Fsp3) is 0.308. The first-order valence-electron chi connectivity index (χ1n) is 6.09. The summed E-state index contributed by atoms with van der Waals surface area (Å²) in [6.45, 7) is -3.11. The largest absolute Gasteiger partial charge is 0.370 e. The van der Waals surface area contributed by atoms with Gasteiger partial charge in [0.15, 0.2) is 5.60 Å². The summed E-state index contributed by atoms with van der Waals surface area (Å²) in [5, 5.41) is 3.93. The molecule has 6 nitrogen and oxygen atoms in total. The molecule has 8 heteroatoms. The van der Waals surface area contributed by atoms with Crippen LogP contribution in [0.2, 0.25) is 0 Å². The number of alkyl halides is 2. The normalized spacial score (nSPS) is 14.1. The Morgan fingerprint density at radius 3 is 2.76 bits per heavy atom. The van der Waals surface area contributed by atoms with Crippen molar-refractivity contribution in [2.24, 2.45) is 12.8 Å². The van der Waals surface area contributed by atoms with E-state index < -0.39 is 24.5 Å². The Labute approximate surface area is 119 Å². The van der Waals surface area contributed by atoms with Gasteiger partial charge in [0.25, 0.3) is 0 Å². The van der Waals surface area contributed by atoms with Gasteiger partial charge in [-0.05, 0) is 12.1 Å². The number of nitrogens with two attached hydrogens (primary N) is 1. The third-order valence-electron chi connectivity index (χ3n) is 2.96. The minimum Gasteiger partial charge on any atom is -0.370 e. The average Bonchev–Trinajstić information content (AvgIpc) is 2.85. The number of amides is 1. The first-order valence-corrected chi connectivity index (χ1v) is 6.09. The molecule has 1 amide bonds. The van der Waals surface area contributed by atoms with Crippen molar-refractivity contribution in [1.29, 1.82) is 0 Å². The van der Waals surface area contributed by atoms with Gasteiger partial charge in [-0.1, -0.05) is 6.07 Å². The molecule has 0 aliphatic heterocycles. The average molecular weight is 296 g/mol. The topological polar surface area (TPSA) is 83.0 Å². The number of aromatic nitrogens is 3. The second-order valence-electron chi connectivity index (χ2n) is 4.47. The van der Waals surface area contributed by atoms with Crippen LogP contribution in [0.1, 0.15) is 17.7 Å². The van der Waals surface area contributed by atoms with Crippen molar-refractivity contribution >= 4 is 5.91 Å². The highest BCUT2D eigenvalue weighted by atomic mass is 19.3. The smallest absolute Gasteiger partial charge is 0.346 e. The SMILES string of the molecule is Cn1cc(C(CC(N)=O)(OC(F)F)c2ccccn2)cn1. The van der Waals surface area contributed by atoms with Crippen molar-refractivity contribution in [3.05, 3.63) is 48.0 Å². The maximum absolute atomic E-state index is 12.9. The second-order valence-corrected chi connectivity index (χ2v) is 4.47. The highest BCUT2D eigenvalue weighted by Crippen LogP contribution is 2.37. The molecular formula is C13H14F2N4O2. The van der Waals surface area contributed by atoms with Crippen molar-refractivity contribution in [2.75, 3.05) is 0 Å². The zero-order valence-corrected chi connectivity index (χ0v) is 11.2. The first-order chi connectivity index (χ1) is 9.94. The van der Waals surface area contributed by atoms with Crippen LogP contribution in [0.15, 0.2) is 36.8 Å². The molecule has 112 valence electrons. The minimum absolute atomic E-state index is 0.164. The van der Waals surface area contributed by atoms with Gasteiger partial charge in [-0.3, -0.25) is 14.5 Å². The summed E-state index contributed by atoms with van der Waals surface area (Å²) in [4.78, 5) is 15.4. The number of nitrogens with zero attached hydrogens (tertiary/aromatic N) is 3. The van der Waals surface area contributed by atoms with Crippen LogP contribution in [0.4, 0.5) is 8.78 Å². The molecule has 1 atom stereocenters. The summed E-state index contributed by atoms with van der Waals surface area (Å²) < 4.78 is 32.1. The summed E-state index contributed by atoms with van der Waals surface area (Å²) in [6, 6.07) is 4.74. The maximum Gasteiger partial charge on any atom is 0.346 e. The van der Waals surface area contributed by atoms with Gasteiger partial charge < -0.3 is 10.5 Å². The van der Waals surface area contributed by atoms with Gasteiger partial charge in [0, 0.05) is 25.0 Å². The molecule has 0 spiro atoms. The molecule has 0 saturated heterocycles. The molecule has 1 unspecified atom stereocenters. The number of pyridine rings is 1. The Balaban J connectivity index is 2.61. The third-order valence-corrected chi connectivity index (χ3v) is 2.96. The Morgan fingerprint density at radius 2 is 2.29 bits per heavy atom. The van der Waals surface area contributed by atoms with Crippen LogP contribution in [0, 0.1) is 0 Å². The number of ether oxygens (including phenoxy) is 1. The maximum atomic E-state index is 12.9. The van der Waals surface area contributed by atoms with Gasteiger partial charge >= 0.3 is 6.61 Å². The molecule has 2 heterocycles. The molecular weight excluding hydrogens is 282 g/mol. The van der Waals surface area contributed by atoms with E-state index in [0.29, 0.717) is 0 Å². The molecule has 0 bridgehead atoms. The van der Waals surface area contributed by atoms with E-state index >= 15 is 0 Å². The molecule has 2 aromatic rings. The molecule has 2 aromatic heterocycles. The lowest BCUT2D eigenvalue weighted by Gasteiger charge is -2.31. The summed E-state index contributed by atoms with van der Waals surface area (Å²) in [5.41, 5.74) is 3.89. The van der Waals surface area contributed by atoms with E-state index in [9.17, 15) is 13.6 Å². The molecule has 0 radical (unpaired) electrons. The van der Waals surface area contributed by atoms with Crippen LogP contribution in [0.3, 0.4) is 0 Å². The highest BCUT2D eigenvalue weighted by molar-refractivity contribution is 5.76. The first kappa shape index (κ1) is 15.0. The Morgan fingerprint density at radius 1 is 1.52 bits per heavy atom. The van der Waals surface area contributed by atoms with E-state index in [1.54, 1.807) is 19.2 Å². The van der Waals surface area contributed by atoms with Crippen LogP contribution >= 0.6 is 0 Å². The van der Waals surface area contributed by atoms with E-state index in [1.165, 1.54) is 29.3 Å². The van der Waals surface area contributed by atoms with Gasteiger partial charge in [0.05, 0.1) is 18.3 Å². The summed E-state index contributed by atoms with van der Waals surface area (Å²) in [6.07, 6.45) is 3.79.